The van der Waals surface area contributed by atoms with Gasteiger partial charge in [-0.25, -0.2) is 4.98 Å². The Labute approximate surface area is 218 Å². The van der Waals surface area contributed by atoms with Crippen LogP contribution in [0.3, 0.4) is 0 Å². The summed E-state index contributed by atoms with van der Waals surface area (Å²) >= 11 is 0. The molecule has 4 N–H and O–H groups in total. The SMILES string of the molecule is O=C1CC[C@@H](C(=O)N[C@@H](Cc2c[nH]cn2)C(=O)N2CCC[C@H]2C(=O)NC(=O)c2ccc3ccccc3c2)N1. The third kappa shape index (κ3) is 5.41. The zero-order chi connectivity index (χ0) is 26.6. The molecule has 2 saturated heterocycles. The van der Waals surface area contributed by atoms with Crippen LogP contribution in [-0.2, 0) is 25.6 Å². The minimum absolute atomic E-state index is 0.107. The van der Waals surface area contributed by atoms with Crippen LogP contribution in [-0.4, -0.2) is 69.1 Å². The number of fused-ring (bicyclic) bond motifs is 1. The summed E-state index contributed by atoms with van der Waals surface area (Å²) in [6.45, 7) is 0.314. The van der Waals surface area contributed by atoms with Crippen molar-refractivity contribution >= 4 is 40.3 Å². The predicted octanol–water partition coefficient (Wildman–Crippen LogP) is 0.816. The number of aromatic amines is 1. The first kappa shape index (κ1) is 25.1. The van der Waals surface area contributed by atoms with Gasteiger partial charge in [0.1, 0.15) is 18.1 Å². The van der Waals surface area contributed by atoms with Crippen molar-refractivity contribution in [3.05, 3.63) is 66.2 Å². The number of benzene rings is 2. The lowest BCUT2D eigenvalue weighted by Crippen LogP contribution is -2.56. The van der Waals surface area contributed by atoms with E-state index in [1.807, 2.05) is 30.3 Å². The Hall–Kier alpha value is -4.54. The van der Waals surface area contributed by atoms with Gasteiger partial charge in [-0.2, -0.15) is 0 Å². The van der Waals surface area contributed by atoms with Crippen LogP contribution in [0.2, 0.25) is 0 Å². The second-order valence-corrected chi connectivity index (χ2v) is 9.55. The molecule has 0 radical (unpaired) electrons. The maximum atomic E-state index is 13.6. The van der Waals surface area contributed by atoms with E-state index in [-0.39, 0.29) is 18.7 Å². The number of imidazole rings is 1. The minimum Gasteiger partial charge on any atom is -0.351 e. The molecule has 0 saturated carbocycles. The van der Waals surface area contributed by atoms with Gasteiger partial charge >= 0.3 is 0 Å². The monoisotopic (exact) mass is 516 g/mol. The topological polar surface area (TPSA) is 153 Å². The maximum absolute atomic E-state index is 13.6. The molecule has 1 aromatic heterocycles. The molecule has 0 unspecified atom stereocenters. The first-order valence-electron chi connectivity index (χ1n) is 12.6. The van der Waals surface area contributed by atoms with E-state index in [0.29, 0.717) is 37.1 Å². The summed E-state index contributed by atoms with van der Waals surface area (Å²) in [5.74, 6) is -2.23. The van der Waals surface area contributed by atoms with Crippen molar-refractivity contribution in [2.24, 2.45) is 0 Å². The number of carbonyl (C=O) groups is 5. The van der Waals surface area contributed by atoms with Crippen LogP contribution in [0.5, 0.6) is 0 Å². The number of likely N-dealkylation sites (tertiary alicyclic amines) is 1. The van der Waals surface area contributed by atoms with Gasteiger partial charge in [0.25, 0.3) is 5.91 Å². The van der Waals surface area contributed by atoms with E-state index in [4.69, 9.17) is 0 Å². The highest BCUT2D eigenvalue weighted by Crippen LogP contribution is 2.21. The van der Waals surface area contributed by atoms with Crippen LogP contribution >= 0.6 is 0 Å². The summed E-state index contributed by atoms with van der Waals surface area (Å²) in [6.07, 6.45) is 4.77. The van der Waals surface area contributed by atoms with E-state index >= 15 is 0 Å². The van der Waals surface area contributed by atoms with E-state index in [2.05, 4.69) is 25.9 Å². The molecule has 11 heteroatoms. The van der Waals surface area contributed by atoms with Crippen LogP contribution < -0.4 is 16.0 Å². The molecule has 0 bridgehead atoms. The molecular weight excluding hydrogens is 488 g/mol. The second-order valence-electron chi connectivity index (χ2n) is 9.55. The molecule has 5 rings (SSSR count). The van der Waals surface area contributed by atoms with Crippen molar-refractivity contribution in [1.82, 2.24) is 30.8 Å². The third-order valence-electron chi connectivity index (χ3n) is 6.98. The summed E-state index contributed by atoms with van der Waals surface area (Å²) in [7, 11) is 0. The standard InChI is InChI=1S/C27H28N6O5/c34-23-10-9-20(30-23)25(36)31-21(13-19-14-28-15-29-19)27(38)33-11-3-6-22(33)26(37)32-24(35)18-8-7-16-4-1-2-5-17(16)12-18/h1-2,4-5,7-8,12,14-15,20-22H,3,6,9-11,13H2,(H,28,29)(H,30,34)(H,31,36)(H,32,35,37)/t20-,21-,22-/m0/s1. The van der Waals surface area contributed by atoms with Gasteiger partial charge in [0, 0.05) is 31.1 Å². The van der Waals surface area contributed by atoms with Crippen LogP contribution in [0.15, 0.2) is 55.0 Å². The Kier molecular flexibility index (Phi) is 7.16. The van der Waals surface area contributed by atoms with Gasteiger partial charge in [-0.05, 0) is 42.2 Å². The van der Waals surface area contributed by atoms with Gasteiger partial charge < -0.3 is 20.5 Å². The number of aromatic nitrogens is 2. The molecule has 0 aliphatic carbocycles. The fourth-order valence-corrected chi connectivity index (χ4v) is 5.00. The first-order valence-corrected chi connectivity index (χ1v) is 12.6. The third-order valence-corrected chi connectivity index (χ3v) is 6.98. The van der Waals surface area contributed by atoms with Crippen molar-refractivity contribution in [3.63, 3.8) is 0 Å². The summed E-state index contributed by atoms with van der Waals surface area (Å²) in [5.41, 5.74) is 0.904. The number of hydrogen-bond donors (Lipinski definition) is 4. The molecule has 0 spiro atoms. The summed E-state index contributed by atoms with van der Waals surface area (Å²) in [4.78, 5) is 72.4. The number of amides is 5. The summed E-state index contributed by atoms with van der Waals surface area (Å²) in [6, 6.07) is 10.2. The molecular formula is C27H28N6O5. The Morgan fingerprint density at radius 3 is 2.61 bits per heavy atom. The number of imide groups is 1. The average molecular weight is 517 g/mol. The Bertz CT molecular complexity index is 1390. The molecule has 196 valence electrons. The molecule has 2 aliphatic heterocycles. The van der Waals surface area contributed by atoms with E-state index in [9.17, 15) is 24.0 Å². The lowest BCUT2D eigenvalue weighted by Gasteiger charge is -2.29. The summed E-state index contributed by atoms with van der Waals surface area (Å²) in [5, 5.41) is 9.63. The van der Waals surface area contributed by atoms with Crippen LogP contribution in [0, 0.1) is 0 Å². The average Bonchev–Trinajstić information content (AvgIpc) is 3.70. The van der Waals surface area contributed by atoms with Gasteiger partial charge in [-0.15, -0.1) is 0 Å². The van der Waals surface area contributed by atoms with Gasteiger partial charge in [0.15, 0.2) is 0 Å². The molecule has 3 heterocycles. The Morgan fingerprint density at radius 1 is 1.05 bits per heavy atom. The van der Waals surface area contributed by atoms with Crippen LogP contribution in [0.1, 0.15) is 41.7 Å². The van der Waals surface area contributed by atoms with Crippen molar-refractivity contribution in [2.45, 2.75) is 50.2 Å². The quantitative estimate of drug-likeness (QED) is 0.341. The van der Waals surface area contributed by atoms with Crippen molar-refractivity contribution in [2.75, 3.05) is 6.54 Å². The lowest BCUT2D eigenvalue weighted by atomic mass is 10.1. The summed E-state index contributed by atoms with van der Waals surface area (Å²) < 4.78 is 0. The number of nitrogens with one attached hydrogen (secondary N) is 4. The van der Waals surface area contributed by atoms with E-state index in [1.165, 1.54) is 11.2 Å². The second kappa shape index (κ2) is 10.8. The van der Waals surface area contributed by atoms with Gasteiger partial charge in [0.2, 0.25) is 23.6 Å². The fraction of sp³-hybridized carbons (Fsp3) is 0.333. The molecule has 2 aromatic carbocycles. The molecule has 3 aromatic rings. The largest absolute Gasteiger partial charge is 0.351 e. The van der Waals surface area contributed by atoms with Gasteiger partial charge in [0.05, 0.1) is 12.0 Å². The van der Waals surface area contributed by atoms with Crippen LogP contribution in [0.4, 0.5) is 0 Å². The normalized spacial score (nSPS) is 19.7. The zero-order valence-corrected chi connectivity index (χ0v) is 20.6. The Morgan fingerprint density at radius 2 is 1.87 bits per heavy atom. The molecule has 2 aliphatic rings. The van der Waals surface area contributed by atoms with E-state index in [0.717, 1.165) is 10.8 Å². The molecule has 2 fully saturated rings. The molecule has 3 atom stereocenters. The number of hydrogen-bond acceptors (Lipinski definition) is 6. The smallest absolute Gasteiger partial charge is 0.257 e. The van der Waals surface area contributed by atoms with Gasteiger partial charge in [-0.1, -0.05) is 30.3 Å². The van der Waals surface area contributed by atoms with E-state index < -0.39 is 41.8 Å². The number of carbonyl (C=O) groups excluding carboxylic acids is 5. The molecule has 38 heavy (non-hydrogen) atoms. The fourth-order valence-electron chi connectivity index (χ4n) is 5.00. The van der Waals surface area contributed by atoms with Crippen molar-refractivity contribution in [3.8, 4) is 0 Å². The highest BCUT2D eigenvalue weighted by atomic mass is 16.2. The number of H-pyrrole nitrogens is 1. The molecule has 5 amide bonds. The predicted molar refractivity (Wildman–Crippen MR) is 137 cm³/mol. The Balaban J connectivity index is 1.29. The first-order chi connectivity index (χ1) is 18.4. The van der Waals surface area contributed by atoms with Crippen molar-refractivity contribution in [1.29, 1.82) is 0 Å². The zero-order valence-electron chi connectivity index (χ0n) is 20.6. The lowest BCUT2D eigenvalue weighted by molar-refractivity contribution is -0.141. The molecule has 11 nitrogen and oxygen atoms in total. The van der Waals surface area contributed by atoms with Gasteiger partial charge in [-0.3, -0.25) is 29.3 Å². The van der Waals surface area contributed by atoms with Crippen molar-refractivity contribution < 1.29 is 24.0 Å². The number of rotatable bonds is 7. The van der Waals surface area contributed by atoms with Crippen LogP contribution in [0.25, 0.3) is 10.8 Å². The highest BCUT2D eigenvalue weighted by molar-refractivity contribution is 6.08. The maximum Gasteiger partial charge on any atom is 0.257 e. The highest BCUT2D eigenvalue weighted by Gasteiger charge is 2.39. The minimum atomic E-state index is -0.993. The number of nitrogens with zero attached hydrogens (tertiary/aromatic N) is 2. The van der Waals surface area contributed by atoms with E-state index in [1.54, 1.807) is 18.3 Å².